The van der Waals surface area contributed by atoms with Crippen LogP contribution < -0.4 is 5.32 Å². The number of benzene rings is 1. The van der Waals surface area contributed by atoms with Crippen molar-refractivity contribution in [3.63, 3.8) is 0 Å². The topological polar surface area (TPSA) is 73.3 Å². The lowest BCUT2D eigenvalue weighted by atomic mass is 10.2. The number of nitrogens with zero attached hydrogens (tertiary/aromatic N) is 2. The monoisotopic (exact) mass is 411 g/mol. The van der Waals surface area contributed by atoms with Gasteiger partial charge in [0.2, 0.25) is 0 Å². The van der Waals surface area contributed by atoms with E-state index in [1.807, 2.05) is 6.92 Å². The van der Waals surface area contributed by atoms with Crippen LogP contribution in [0.5, 0.6) is 0 Å². The van der Waals surface area contributed by atoms with E-state index in [4.69, 9.17) is 32.7 Å². The summed E-state index contributed by atoms with van der Waals surface area (Å²) < 4.78 is 10.1. The van der Waals surface area contributed by atoms with Gasteiger partial charge in [0.05, 0.1) is 27.7 Å². The van der Waals surface area contributed by atoms with Gasteiger partial charge in [-0.1, -0.05) is 29.3 Å². The molecule has 0 saturated carbocycles. The Kier molecular flexibility index (Phi) is 5.93. The number of rotatable bonds is 6. The van der Waals surface area contributed by atoms with Crippen molar-refractivity contribution in [1.82, 2.24) is 9.97 Å². The molecule has 136 valence electrons. The molecule has 0 saturated heterocycles. The summed E-state index contributed by atoms with van der Waals surface area (Å²) in [6.07, 6.45) is 1.43. The molecule has 0 fully saturated rings. The molecule has 2 heterocycles. The van der Waals surface area contributed by atoms with Crippen LogP contribution in [0.2, 0.25) is 10.0 Å². The summed E-state index contributed by atoms with van der Waals surface area (Å²) >= 11 is 13.6. The molecule has 26 heavy (non-hydrogen) atoms. The number of carbonyl (C=O) groups excluding carboxylic acids is 1. The van der Waals surface area contributed by atoms with Crippen LogP contribution in [0.3, 0.4) is 0 Å². The van der Waals surface area contributed by atoms with Crippen LogP contribution in [0, 0.1) is 6.92 Å². The number of aromatic nitrogens is 2. The molecule has 1 aromatic carbocycles. The minimum Gasteiger partial charge on any atom is -0.459 e. The first kappa shape index (κ1) is 18.8. The van der Waals surface area contributed by atoms with Crippen LogP contribution in [-0.4, -0.2) is 36.3 Å². The molecule has 3 rings (SSSR count). The van der Waals surface area contributed by atoms with Gasteiger partial charge >= 0.3 is 5.97 Å². The third-order valence-electron chi connectivity index (χ3n) is 3.64. The maximum absolute atomic E-state index is 12.3. The SMILES string of the molecule is COCCOC(=O)c1sc2ncnc(Nc3cccc(Cl)c3Cl)c2c1C. The first-order chi connectivity index (χ1) is 12.5. The highest BCUT2D eigenvalue weighted by atomic mass is 35.5. The fourth-order valence-electron chi connectivity index (χ4n) is 2.37. The van der Waals surface area contributed by atoms with E-state index in [0.717, 1.165) is 10.9 Å². The highest BCUT2D eigenvalue weighted by Gasteiger charge is 2.21. The second-order valence-corrected chi connectivity index (χ2v) is 7.10. The summed E-state index contributed by atoms with van der Waals surface area (Å²) in [4.78, 5) is 22.0. The number of anilines is 2. The predicted octanol–water partition coefficient (Wildman–Crippen LogP) is 4.85. The molecule has 0 atom stereocenters. The lowest BCUT2D eigenvalue weighted by molar-refractivity contribution is 0.0393. The van der Waals surface area contributed by atoms with E-state index in [9.17, 15) is 4.79 Å². The van der Waals surface area contributed by atoms with Crippen LogP contribution in [0.15, 0.2) is 24.5 Å². The number of ether oxygens (including phenoxy) is 2. The summed E-state index contributed by atoms with van der Waals surface area (Å²) in [5, 5.41) is 4.74. The second kappa shape index (κ2) is 8.18. The van der Waals surface area contributed by atoms with Gasteiger partial charge in [-0.15, -0.1) is 11.3 Å². The minimum absolute atomic E-state index is 0.192. The van der Waals surface area contributed by atoms with Gasteiger partial charge in [0.15, 0.2) is 0 Å². The summed E-state index contributed by atoms with van der Waals surface area (Å²) in [6, 6.07) is 5.28. The number of esters is 1. The maximum Gasteiger partial charge on any atom is 0.348 e. The first-order valence-electron chi connectivity index (χ1n) is 7.64. The van der Waals surface area contributed by atoms with Gasteiger partial charge in [-0.2, -0.15) is 0 Å². The summed E-state index contributed by atoms with van der Waals surface area (Å²) in [7, 11) is 1.55. The van der Waals surface area contributed by atoms with Gasteiger partial charge in [0.25, 0.3) is 0 Å². The quantitative estimate of drug-likeness (QED) is 0.461. The van der Waals surface area contributed by atoms with E-state index in [0.29, 0.717) is 37.9 Å². The average molecular weight is 412 g/mol. The minimum atomic E-state index is -0.408. The van der Waals surface area contributed by atoms with Gasteiger partial charge in [0.1, 0.15) is 28.5 Å². The summed E-state index contributed by atoms with van der Waals surface area (Å²) in [5.74, 6) is 0.137. The normalized spacial score (nSPS) is 10.9. The number of fused-ring (bicyclic) bond motifs is 1. The molecule has 2 aromatic heterocycles. The average Bonchev–Trinajstić information content (AvgIpc) is 2.97. The standard InChI is InChI=1S/C17H15Cl2N3O3S/c1-9-12-15(22-11-5-3-4-10(18)13(11)19)20-8-21-16(12)26-14(9)17(23)25-7-6-24-2/h3-5,8H,6-7H2,1-2H3,(H,20,21,22). The van der Waals surface area contributed by atoms with Crippen LogP contribution in [0.1, 0.15) is 15.2 Å². The second-order valence-electron chi connectivity index (χ2n) is 5.31. The molecule has 0 amide bonds. The lowest BCUT2D eigenvalue weighted by Crippen LogP contribution is -2.09. The lowest BCUT2D eigenvalue weighted by Gasteiger charge is -2.10. The van der Waals surface area contributed by atoms with E-state index in [-0.39, 0.29) is 6.61 Å². The van der Waals surface area contributed by atoms with Gasteiger partial charge in [0, 0.05) is 7.11 Å². The molecule has 6 nitrogen and oxygen atoms in total. The van der Waals surface area contributed by atoms with Crippen molar-refractivity contribution in [2.75, 3.05) is 25.6 Å². The number of aryl methyl sites for hydroxylation is 1. The van der Waals surface area contributed by atoms with Crippen LogP contribution in [0.25, 0.3) is 10.2 Å². The smallest absolute Gasteiger partial charge is 0.348 e. The molecular weight excluding hydrogens is 397 g/mol. The van der Waals surface area contributed by atoms with Gasteiger partial charge in [-0.05, 0) is 24.6 Å². The van der Waals surface area contributed by atoms with E-state index >= 15 is 0 Å². The van der Waals surface area contributed by atoms with Crippen LogP contribution in [-0.2, 0) is 9.47 Å². The molecule has 3 aromatic rings. The number of nitrogens with one attached hydrogen (secondary N) is 1. The van der Waals surface area contributed by atoms with Crippen molar-refractivity contribution < 1.29 is 14.3 Å². The third kappa shape index (κ3) is 3.76. The molecule has 0 aliphatic heterocycles. The molecule has 0 radical (unpaired) electrons. The Labute approximate surface area is 164 Å². The highest BCUT2D eigenvalue weighted by Crippen LogP contribution is 2.37. The Hall–Kier alpha value is -1.93. The number of hydrogen-bond acceptors (Lipinski definition) is 7. The first-order valence-corrected chi connectivity index (χ1v) is 9.21. The molecule has 1 N–H and O–H groups in total. The van der Waals surface area contributed by atoms with E-state index < -0.39 is 5.97 Å². The largest absolute Gasteiger partial charge is 0.459 e. The number of halogens is 2. The van der Waals surface area contributed by atoms with Crippen molar-refractivity contribution >= 4 is 62.2 Å². The molecule has 0 unspecified atom stereocenters. The molecule has 0 bridgehead atoms. The Morgan fingerprint density at radius 1 is 1.27 bits per heavy atom. The van der Waals surface area contributed by atoms with Crippen molar-refractivity contribution in [1.29, 1.82) is 0 Å². The van der Waals surface area contributed by atoms with Crippen molar-refractivity contribution in [2.45, 2.75) is 6.92 Å². The summed E-state index contributed by atoms with van der Waals surface area (Å²) in [5.41, 5.74) is 1.36. The van der Waals surface area contributed by atoms with E-state index in [2.05, 4.69) is 15.3 Å². The molecule has 0 spiro atoms. The van der Waals surface area contributed by atoms with Gasteiger partial charge in [-0.3, -0.25) is 0 Å². The Morgan fingerprint density at radius 3 is 2.85 bits per heavy atom. The number of thiophene rings is 1. The van der Waals surface area contributed by atoms with Crippen LogP contribution >= 0.6 is 34.5 Å². The van der Waals surface area contributed by atoms with Crippen molar-refractivity contribution in [2.24, 2.45) is 0 Å². The highest BCUT2D eigenvalue weighted by molar-refractivity contribution is 7.20. The number of methoxy groups -OCH3 is 1. The third-order valence-corrected chi connectivity index (χ3v) is 5.64. The zero-order valence-corrected chi connectivity index (χ0v) is 16.3. The Morgan fingerprint density at radius 2 is 2.08 bits per heavy atom. The van der Waals surface area contributed by atoms with Gasteiger partial charge < -0.3 is 14.8 Å². The predicted molar refractivity (Wildman–Crippen MR) is 104 cm³/mol. The molecule has 0 aliphatic rings. The van der Waals surface area contributed by atoms with E-state index in [1.165, 1.54) is 17.7 Å². The Balaban J connectivity index is 1.97. The zero-order chi connectivity index (χ0) is 18.7. The molecule has 9 heteroatoms. The number of hydrogen-bond donors (Lipinski definition) is 1. The van der Waals surface area contributed by atoms with Crippen molar-refractivity contribution in [3.8, 4) is 0 Å². The van der Waals surface area contributed by atoms with Crippen molar-refractivity contribution in [3.05, 3.63) is 45.0 Å². The fraction of sp³-hybridized carbons (Fsp3) is 0.235. The zero-order valence-electron chi connectivity index (χ0n) is 14.0. The molecular formula is C17H15Cl2N3O3S. The fourth-order valence-corrected chi connectivity index (χ4v) is 3.76. The maximum atomic E-state index is 12.3. The molecule has 0 aliphatic carbocycles. The summed E-state index contributed by atoms with van der Waals surface area (Å²) in [6.45, 7) is 2.37. The van der Waals surface area contributed by atoms with Crippen LogP contribution in [0.4, 0.5) is 11.5 Å². The Bertz CT molecular complexity index is 962. The van der Waals surface area contributed by atoms with E-state index in [1.54, 1.807) is 25.3 Å². The van der Waals surface area contributed by atoms with Gasteiger partial charge in [-0.25, -0.2) is 14.8 Å². The number of carbonyl (C=O) groups is 1.